The fraction of sp³-hybridized carbons (Fsp3) is 0.0222. The summed E-state index contributed by atoms with van der Waals surface area (Å²) in [6.45, 7) is 3.87. The second kappa shape index (κ2) is 13.7. The van der Waals surface area contributed by atoms with Crippen LogP contribution < -0.4 is 4.90 Å². The molecule has 5 heterocycles. The molecule has 8 heteroatoms. The number of anilines is 3. The highest BCUT2D eigenvalue weighted by atomic mass is 32.1. The summed E-state index contributed by atoms with van der Waals surface area (Å²) in [5.74, 6) is 0. The van der Waals surface area contributed by atoms with Crippen LogP contribution in [0.2, 0.25) is 0 Å². The van der Waals surface area contributed by atoms with E-state index in [0.29, 0.717) is 0 Å². The Morgan fingerprint density at radius 2 is 1.13 bits per heavy atom. The summed E-state index contributed by atoms with van der Waals surface area (Å²) in [6.07, 6.45) is 7.23. The van der Waals surface area contributed by atoms with Crippen LogP contribution in [0.4, 0.5) is 22.1 Å². The van der Waals surface area contributed by atoms with Crippen molar-refractivity contribution in [2.45, 2.75) is 0 Å². The molecule has 0 saturated heterocycles. The Balaban J connectivity index is 1.10. The van der Waals surface area contributed by atoms with E-state index in [1.165, 1.54) is 0 Å². The van der Waals surface area contributed by atoms with Gasteiger partial charge in [-0.1, -0.05) is 54.6 Å². The lowest BCUT2D eigenvalue weighted by molar-refractivity contribution is 1.27. The molecule has 0 aliphatic rings. The van der Waals surface area contributed by atoms with Crippen LogP contribution in [0.1, 0.15) is 11.1 Å². The van der Waals surface area contributed by atoms with Gasteiger partial charge in [-0.3, -0.25) is 20.0 Å². The van der Waals surface area contributed by atoms with Gasteiger partial charge in [0.25, 0.3) is 0 Å². The standard InChI is InChI=1S/C45H31N7S/c1-46-44(43-37-5-3-4-6-42(37)53-45(43)47-2)31-11-19-36(20-12-31)52(34-15-7-29(8-16-34)38-21-13-32-27-48-25-23-40(32)50-38)35-17-9-30(10-18-35)39-22-14-33-28-49-26-24-41(33)51-39/h3-28H,2H2,1H3/b46-44-. The minimum absolute atomic E-state index is 0.868. The average molecular weight is 702 g/mol. The predicted molar refractivity (Wildman–Crippen MR) is 221 cm³/mol. The maximum atomic E-state index is 4.90. The molecular weight excluding hydrogens is 671 g/mol. The minimum Gasteiger partial charge on any atom is -0.311 e. The first-order valence-corrected chi connectivity index (χ1v) is 18.0. The van der Waals surface area contributed by atoms with Gasteiger partial charge in [0.05, 0.1) is 28.1 Å². The molecule has 7 nitrogen and oxygen atoms in total. The molecule has 0 radical (unpaired) electrons. The number of benzene rings is 4. The number of aromatic nitrogens is 4. The molecular formula is C45H31N7S. The van der Waals surface area contributed by atoms with E-state index in [1.807, 2.05) is 49.8 Å². The van der Waals surface area contributed by atoms with Crippen LogP contribution in [0.15, 0.2) is 168 Å². The summed E-state index contributed by atoms with van der Waals surface area (Å²) < 4.78 is 1.16. The number of hydrogen-bond donors (Lipinski definition) is 0. The van der Waals surface area contributed by atoms with E-state index in [-0.39, 0.29) is 0 Å². The second-order valence-electron chi connectivity index (χ2n) is 12.5. The third-order valence-corrected chi connectivity index (χ3v) is 10.5. The Hall–Kier alpha value is -6.90. The highest BCUT2D eigenvalue weighted by Crippen LogP contribution is 2.40. The first kappa shape index (κ1) is 32.0. The first-order valence-electron chi connectivity index (χ1n) is 17.2. The number of fused-ring (bicyclic) bond motifs is 3. The number of pyridine rings is 4. The first-order chi connectivity index (χ1) is 26.2. The van der Waals surface area contributed by atoms with Gasteiger partial charge in [-0.05, 0) is 85.6 Å². The van der Waals surface area contributed by atoms with E-state index in [2.05, 4.69) is 130 Å². The number of hydrogen-bond acceptors (Lipinski definition) is 8. The normalized spacial score (nSPS) is 11.7. The summed E-state index contributed by atoms with van der Waals surface area (Å²) in [5, 5.41) is 4.03. The van der Waals surface area contributed by atoms with Crippen molar-refractivity contribution in [2.75, 3.05) is 11.9 Å². The third kappa shape index (κ3) is 6.01. The highest BCUT2D eigenvalue weighted by molar-refractivity contribution is 7.23. The van der Waals surface area contributed by atoms with Crippen molar-refractivity contribution in [2.24, 2.45) is 9.98 Å². The number of rotatable bonds is 8. The van der Waals surface area contributed by atoms with Crippen molar-refractivity contribution in [3.05, 3.63) is 169 Å². The van der Waals surface area contributed by atoms with Crippen molar-refractivity contribution in [3.63, 3.8) is 0 Å². The van der Waals surface area contributed by atoms with Crippen molar-refractivity contribution in [3.8, 4) is 22.5 Å². The van der Waals surface area contributed by atoms with Crippen molar-refractivity contribution < 1.29 is 0 Å². The molecule has 0 spiro atoms. The lowest BCUT2D eigenvalue weighted by atomic mass is 10.00. The molecule has 0 aliphatic carbocycles. The van der Waals surface area contributed by atoms with Crippen LogP contribution in [0.5, 0.6) is 0 Å². The lowest BCUT2D eigenvalue weighted by Crippen LogP contribution is -2.10. The number of thiophene rings is 1. The van der Waals surface area contributed by atoms with E-state index >= 15 is 0 Å². The van der Waals surface area contributed by atoms with Crippen LogP contribution >= 0.6 is 11.3 Å². The van der Waals surface area contributed by atoms with Crippen LogP contribution in [-0.2, 0) is 0 Å². The van der Waals surface area contributed by atoms with Gasteiger partial charge in [-0.2, -0.15) is 0 Å². The van der Waals surface area contributed by atoms with Gasteiger partial charge >= 0.3 is 0 Å². The van der Waals surface area contributed by atoms with Gasteiger partial charge in [0.2, 0.25) is 0 Å². The SMILES string of the molecule is C=Nc1sc2ccccc2c1/C(=N\C)c1ccc(N(c2ccc(-c3ccc4cnccc4n3)cc2)c2ccc(-c3ccc4cnccc4n3)cc2)cc1. The van der Waals surface area contributed by atoms with Gasteiger partial charge < -0.3 is 4.90 Å². The summed E-state index contributed by atoms with van der Waals surface area (Å²) in [7, 11) is 1.83. The summed E-state index contributed by atoms with van der Waals surface area (Å²) in [5.41, 5.74) is 11.7. The molecule has 0 amide bonds. The summed E-state index contributed by atoms with van der Waals surface area (Å²) >= 11 is 1.63. The lowest BCUT2D eigenvalue weighted by Gasteiger charge is -2.26. The van der Waals surface area contributed by atoms with Gasteiger partial charge in [-0.25, -0.2) is 9.97 Å². The summed E-state index contributed by atoms with van der Waals surface area (Å²) in [6, 6.07) is 46.1. The van der Waals surface area contributed by atoms with Gasteiger partial charge in [-0.15, -0.1) is 11.3 Å². The Labute approximate surface area is 310 Å². The van der Waals surface area contributed by atoms with E-state index in [9.17, 15) is 0 Å². The van der Waals surface area contributed by atoms with Gasteiger partial charge in [0.15, 0.2) is 0 Å². The molecule has 0 bridgehead atoms. The van der Waals surface area contributed by atoms with E-state index < -0.39 is 0 Å². The zero-order valence-electron chi connectivity index (χ0n) is 28.8. The Morgan fingerprint density at radius 3 is 1.66 bits per heavy atom. The molecule has 0 aliphatic heterocycles. The van der Waals surface area contributed by atoms with Gasteiger partial charge in [0.1, 0.15) is 5.00 Å². The number of nitrogens with zero attached hydrogens (tertiary/aromatic N) is 7. The molecule has 5 aromatic heterocycles. The second-order valence-corrected chi connectivity index (χ2v) is 13.5. The largest absolute Gasteiger partial charge is 0.311 e. The molecule has 0 unspecified atom stereocenters. The topological polar surface area (TPSA) is 79.5 Å². The van der Waals surface area contributed by atoms with E-state index in [1.54, 1.807) is 23.7 Å². The molecule has 0 saturated carbocycles. The molecule has 9 aromatic rings. The van der Waals surface area contributed by atoms with Crippen LogP contribution in [0, 0.1) is 0 Å². The van der Waals surface area contributed by atoms with Crippen molar-refractivity contribution in [1.82, 2.24) is 19.9 Å². The average Bonchev–Trinajstić information content (AvgIpc) is 3.60. The number of aliphatic imine (C=N–C) groups is 2. The fourth-order valence-electron chi connectivity index (χ4n) is 6.79. The van der Waals surface area contributed by atoms with Crippen LogP contribution in [0.3, 0.4) is 0 Å². The quantitative estimate of drug-likeness (QED) is 0.147. The van der Waals surface area contributed by atoms with Crippen molar-refractivity contribution in [1.29, 1.82) is 0 Å². The maximum Gasteiger partial charge on any atom is 0.125 e. The zero-order chi connectivity index (χ0) is 35.7. The molecule has 4 aromatic carbocycles. The van der Waals surface area contributed by atoms with E-state index in [4.69, 9.17) is 15.0 Å². The predicted octanol–water partition coefficient (Wildman–Crippen LogP) is 11.4. The molecule has 0 atom stereocenters. The summed E-state index contributed by atoms with van der Waals surface area (Å²) in [4.78, 5) is 29.7. The molecule has 252 valence electrons. The molecule has 0 fully saturated rings. The van der Waals surface area contributed by atoms with Gasteiger partial charge in [0, 0.05) is 92.0 Å². The smallest absolute Gasteiger partial charge is 0.125 e. The van der Waals surface area contributed by atoms with E-state index in [0.717, 1.165) is 93.3 Å². The fourth-order valence-corrected chi connectivity index (χ4v) is 7.80. The van der Waals surface area contributed by atoms with Crippen LogP contribution in [0.25, 0.3) is 54.4 Å². The van der Waals surface area contributed by atoms with Crippen molar-refractivity contribution >= 4 is 77.7 Å². The molecule has 9 rings (SSSR count). The maximum absolute atomic E-state index is 4.90. The monoisotopic (exact) mass is 701 g/mol. The Bertz CT molecular complexity index is 2680. The Kier molecular flexibility index (Phi) is 8.26. The third-order valence-electron chi connectivity index (χ3n) is 9.40. The Morgan fingerprint density at radius 1 is 0.604 bits per heavy atom. The minimum atomic E-state index is 0.868. The van der Waals surface area contributed by atoms with Crippen LogP contribution in [-0.4, -0.2) is 39.4 Å². The highest BCUT2D eigenvalue weighted by Gasteiger charge is 2.19. The molecule has 53 heavy (non-hydrogen) atoms. The molecule has 0 N–H and O–H groups in total. The zero-order valence-corrected chi connectivity index (χ0v) is 29.6.